The zero-order valence-corrected chi connectivity index (χ0v) is 21.5. The SMILES string of the molecule is OC(COc1ccc(-c2ccc(OCC(O)CSc3ccccc3)cc2)cc1)CSc1ccccc1. The van der Waals surface area contributed by atoms with E-state index in [1.54, 1.807) is 23.5 Å². The van der Waals surface area contributed by atoms with Crippen LogP contribution in [-0.2, 0) is 0 Å². The van der Waals surface area contributed by atoms with Gasteiger partial charge in [0.1, 0.15) is 24.7 Å². The Morgan fingerprint density at radius 2 is 0.861 bits per heavy atom. The first-order valence-corrected chi connectivity index (χ1v) is 13.8. The van der Waals surface area contributed by atoms with E-state index >= 15 is 0 Å². The monoisotopic (exact) mass is 518 g/mol. The van der Waals surface area contributed by atoms with E-state index in [2.05, 4.69) is 0 Å². The lowest BCUT2D eigenvalue weighted by Crippen LogP contribution is -2.20. The van der Waals surface area contributed by atoms with E-state index in [4.69, 9.17) is 9.47 Å². The molecule has 0 radical (unpaired) electrons. The summed E-state index contributed by atoms with van der Waals surface area (Å²) >= 11 is 3.23. The van der Waals surface area contributed by atoms with E-state index in [1.165, 1.54) is 0 Å². The Morgan fingerprint density at radius 1 is 0.500 bits per heavy atom. The Morgan fingerprint density at radius 3 is 1.22 bits per heavy atom. The third-order valence-corrected chi connectivity index (χ3v) is 7.61. The molecule has 2 atom stereocenters. The first kappa shape index (κ1) is 26.2. The normalized spacial score (nSPS) is 12.6. The van der Waals surface area contributed by atoms with Crippen LogP contribution in [-0.4, -0.2) is 47.1 Å². The summed E-state index contributed by atoms with van der Waals surface area (Å²) in [6, 6.07) is 35.7. The summed E-state index contributed by atoms with van der Waals surface area (Å²) in [7, 11) is 0. The van der Waals surface area contributed by atoms with E-state index in [1.807, 2.05) is 109 Å². The van der Waals surface area contributed by atoms with Crippen LogP contribution in [0.1, 0.15) is 0 Å². The lowest BCUT2D eigenvalue weighted by Gasteiger charge is -2.13. The number of hydrogen-bond acceptors (Lipinski definition) is 6. The van der Waals surface area contributed by atoms with Gasteiger partial charge in [-0.25, -0.2) is 0 Å². The number of aliphatic hydroxyl groups is 2. The second-order valence-electron chi connectivity index (χ2n) is 8.23. The first-order valence-electron chi connectivity index (χ1n) is 11.8. The maximum atomic E-state index is 10.2. The maximum Gasteiger partial charge on any atom is 0.119 e. The number of benzene rings is 4. The molecule has 4 aromatic rings. The molecule has 36 heavy (non-hydrogen) atoms. The molecule has 2 N–H and O–H groups in total. The molecule has 6 heteroatoms. The van der Waals surface area contributed by atoms with Crippen LogP contribution in [0.3, 0.4) is 0 Å². The van der Waals surface area contributed by atoms with Gasteiger partial charge in [0.2, 0.25) is 0 Å². The van der Waals surface area contributed by atoms with E-state index in [9.17, 15) is 10.2 Å². The number of hydrogen-bond donors (Lipinski definition) is 2. The Labute approximate surface area is 221 Å². The van der Waals surface area contributed by atoms with Crippen molar-refractivity contribution < 1.29 is 19.7 Å². The fourth-order valence-corrected chi connectivity index (χ4v) is 5.05. The third-order valence-electron chi connectivity index (χ3n) is 5.30. The van der Waals surface area contributed by atoms with Crippen LogP contribution in [0.15, 0.2) is 119 Å². The van der Waals surface area contributed by atoms with Crippen molar-refractivity contribution in [3.8, 4) is 22.6 Å². The van der Waals surface area contributed by atoms with Crippen molar-refractivity contribution in [3.05, 3.63) is 109 Å². The molecule has 0 amide bonds. The Balaban J connectivity index is 1.19. The highest BCUT2D eigenvalue weighted by molar-refractivity contribution is 7.99. The summed E-state index contributed by atoms with van der Waals surface area (Å²) in [5.74, 6) is 2.62. The number of rotatable bonds is 13. The molecule has 186 valence electrons. The third kappa shape index (κ3) is 8.64. The Kier molecular flexibility index (Phi) is 10.2. The van der Waals surface area contributed by atoms with Gasteiger partial charge >= 0.3 is 0 Å². The Bertz CT molecular complexity index is 1060. The summed E-state index contributed by atoms with van der Waals surface area (Å²) in [4.78, 5) is 2.27. The smallest absolute Gasteiger partial charge is 0.119 e. The molecule has 0 aliphatic rings. The maximum absolute atomic E-state index is 10.2. The van der Waals surface area contributed by atoms with Crippen LogP contribution >= 0.6 is 23.5 Å². The van der Waals surface area contributed by atoms with Crippen molar-refractivity contribution in [1.82, 2.24) is 0 Å². The standard InChI is InChI=1S/C30H30O4S2/c31-25(21-35-29-7-3-1-4-8-29)19-33-27-15-11-23(12-16-27)24-13-17-28(18-14-24)34-20-26(32)22-36-30-9-5-2-6-10-30/h1-18,25-26,31-32H,19-22H2. The second-order valence-corrected chi connectivity index (χ2v) is 10.4. The molecule has 4 rings (SSSR count). The van der Waals surface area contributed by atoms with Crippen molar-refractivity contribution in [2.75, 3.05) is 24.7 Å². The minimum atomic E-state index is -0.544. The highest BCUT2D eigenvalue weighted by Gasteiger charge is 2.08. The molecule has 4 nitrogen and oxygen atoms in total. The summed E-state index contributed by atoms with van der Waals surface area (Å²) < 4.78 is 11.5. The molecule has 0 saturated heterocycles. The molecule has 2 unspecified atom stereocenters. The average Bonchev–Trinajstić information content (AvgIpc) is 2.94. The molecule has 4 aromatic carbocycles. The largest absolute Gasteiger partial charge is 0.491 e. The van der Waals surface area contributed by atoms with Crippen LogP contribution in [0, 0.1) is 0 Å². The number of ether oxygens (including phenoxy) is 2. The van der Waals surface area contributed by atoms with Gasteiger partial charge in [0.15, 0.2) is 0 Å². The molecular formula is C30H30O4S2. The molecule has 0 aromatic heterocycles. The van der Waals surface area contributed by atoms with Gasteiger partial charge in [-0.05, 0) is 59.7 Å². The van der Waals surface area contributed by atoms with Crippen molar-refractivity contribution in [2.45, 2.75) is 22.0 Å². The molecule has 0 heterocycles. The molecule has 0 saturated carbocycles. The van der Waals surface area contributed by atoms with E-state index in [0.29, 0.717) is 11.5 Å². The molecule has 0 spiro atoms. The van der Waals surface area contributed by atoms with Crippen LogP contribution in [0.2, 0.25) is 0 Å². The average molecular weight is 519 g/mol. The van der Waals surface area contributed by atoms with Crippen molar-refractivity contribution in [2.24, 2.45) is 0 Å². The van der Waals surface area contributed by atoms with Gasteiger partial charge in [-0.1, -0.05) is 60.7 Å². The van der Waals surface area contributed by atoms with Crippen molar-refractivity contribution in [1.29, 1.82) is 0 Å². The number of thioether (sulfide) groups is 2. The predicted molar refractivity (Wildman–Crippen MR) is 149 cm³/mol. The minimum absolute atomic E-state index is 0.251. The highest BCUT2D eigenvalue weighted by Crippen LogP contribution is 2.25. The topological polar surface area (TPSA) is 58.9 Å². The first-order chi connectivity index (χ1) is 17.7. The minimum Gasteiger partial charge on any atom is -0.491 e. The summed E-state index contributed by atoms with van der Waals surface area (Å²) in [6.45, 7) is 0.502. The fourth-order valence-electron chi connectivity index (χ4n) is 3.39. The van der Waals surface area contributed by atoms with Gasteiger partial charge < -0.3 is 19.7 Å². The second kappa shape index (κ2) is 14.0. The van der Waals surface area contributed by atoms with Gasteiger partial charge in [0.25, 0.3) is 0 Å². The van der Waals surface area contributed by atoms with E-state index < -0.39 is 12.2 Å². The fraction of sp³-hybridized carbons (Fsp3) is 0.200. The molecule has 0 fully saturated rings. The predicted octanol–water partition coefficient (Wildman–Crippen LogP) is 6.42. The van der Waals surface area contributed by atoms with Gasteiger partial charge in [0.05, 0.1) is 12.2 Å². The zero-order valence-electron chi connectivity index (χ0n) is 19.9. The summed E-state index contributed by atoms with van der Waals surface area (Å²) in [5.41, 5.74) is 2.13. The quantitative estimate of drug-likeness (QED) is 0.199. The molecule has 0 bridgehead atoms. The van der Waals surface area contributed by atoms with Gasteiger partial charge in [-0.2, -0.15) is 0 Å². The highest BCUT2D eigenvalue weighted by atomic mass is 32.2. The van der Waals surface area contributed by atoms with Crippen LogP contribution in [0.25, 0.3) is 11.1 Å². The molecule has 0 aliphatic carbocycles. The summed E-state index contributed by atoms with van der Waals surface area (Å²) in [5, 5.41) is 20.4. The Hall–Kier alpha value is -2.90. The van der Waals surface area contributed by atoms with Crippen LogP contribution in [0.5, 0.6) is 11.5 Å². The van der Waals surface area contributed by atoms with Gasteiger partial charge in [-0.15, -0.1) is 23.5 Å². The lowest BCUT2D eigenvalue weighted by atomic mass is 10.1. The van der Waals surface area contributed by atoms with Crippen molar-refractivity contribution >= 4 is 23.5 Å². The van der Waals surface area contributed by atoms with Gasteiger partial charge in [0, 0.05) is 21.3 Å². The van der Waals surface area contributed by atoms with E-state index in [-0.39, 0.29) is 13.2 Å². The molecule has 0 aliphatic heterocycles. The van der Waals surface area contributed by atoms with Crippen LogP contribution < -0.4 is 9.47 Å². The molecular weight excluding hydrogens is 488 g/mol. The zero-order chi connectivity index (χ0) is 25.0. The van der Waals surface area contributed by atoms with E-state index in [0.717, 1.165) is 32.4 Å². The van der Waals surface area contributed by atoms with Crippen LogP contribution in [0.4, 0.5) is 0 Å². The lowest BCUT2D eigenvalue weighted by molar-refractivity contribution is 0.126. The number of aliphatic hydroxyl groups excluding tert-OH is 2. The van der Waals surface area contributed by atoms with Crippen molar-refractivity contribution in [3.63, 3.8) is 0 Å². The summed E-state index contributed by atoms with van der Waals surface area (Å²) in [6.07, 6.45) is -1.09. The van der Waals surface area contributed by atoms with Gasteiger partial charge in [-0.3, -0.25) is 0 Å².